The first-order valence-electron chi connectivity index (χ1n) is 6.73. The molecule has 114 valence electrons. The van der Waals surface area contributed by atoms with Gasteiger partial charge in [0.25, 0.3) is 0 Å². The van der Waals surface area contributed by atoms with E-state index in [1.807, 2.05) is 38.4 Å². The normalized spacial score (nSPS) is 10.5. The van der Waals surface area contributed by atoms with Gasteiger partial charge in [-0.25, -0.2) is 4.39 Å². The molecule has 0 aliphatic heterocycles. The zero-order chi connectivity index (χ0) is 14.4. The zero-order valence-corrected chi connectivity index (χ0v) is 13.2. The van der Waals surface area contributed by atoms with Crippen molar-refractivity contribution >= 4 is 12.4 Å². The maximum Gasteiger partial charge on any atom is 0.123 e. The fourth-order valence-electron chi connectivity index (χ4n) is 1.99. The molecule has 0 aromatic heterocycles. The molecule has 0 aliphatic rings. The van der Waals surface area contributed by atoms with Gasteiger partial charge >= 0.3 is 0 Å². The van der Waals surface area contributed by atoms with E-state index in [0.29, 0.717) is 13.2 Å². The Morgan fingerprint density at radius 3 is 2.33 bits per heavy atom. The number of hydrogen-bond acceptors (Lipinski definition) is 2. The number of likely N-dealkylation sites (N-methyl/N-ethyl adjacent to an activating group) is 1. The van der Waals surface area contributed by atoms with Gasteiger partial charge < -0.3 is 9.64 Å². The van der Waals surface area contributed by atoms with Gasteiger partial charge in [0.2, 0.25) is 0 Å². The third-order valence-electron chi connectivity index (χ3n) is 3.11. The summed E-state index contributed by atoms with van der Waals surface area (Å²) in [7, 11) is 4.05. The Balaban J connectivity index is 0.00000220. The van der Waals surface area contributed by atoms with Crippen LogP contribution < -0.4 is 0 Å². The van der Waals surface area contributed by atoms with Gasteiger partial charge in [0, 0.05) is 6.54 Å². The highest BCUT2D eigenvalue weighted by Gasteiger charge is 2.05. The maximum atomic E-state index is 13.0. The summed E-state index contributed by atoms with van der Waals surface area (Å²) in [4.78, 5) is 2.09. The summed E-state index contributed by atoms with van der Waals surface area (Å²) in [6.07, 6.45) is 0. The van der Waals surface area contributed by atoms with Gasteiger partial charge in [0.1, 0.15) is 5.82 Å². The molecule has 0 N–H and O–H groups in total. The van der Waals surface area contributed by atoms with Crippen LogP contribution in [0.25, 0.3) is 11.1 Å². The molecule has 4 heteroatoms. The van der Waals surface area contributed by atoms with E-state index in [1.54, 1.807) is 12.1 Å². The predicted octanol–water partition coefficient (Wildman–Crippen LogP) is 3.99. The van der Waals surface area contributed by atoms with Gasteiger partial charge in [0.05, 0.1) is 13.2 Å². The van der Waals surface area contributed by atoms with Crippen molar-refractivity contribution in [3.63, 3.8) is 0 Å². The first-order chi connectivity index (χ1) is 9.66. The third-order valence-corrected chi connectivity index (χ3v) is 3.11. The molecule has 0 saturated heterocycles. The van der Waals surface area contributed by atoms with Crippen LogP contribution in [0.2, 0.25) is 0 Å². The second-order valence-corrected chi connectivity index (χ2v) is 5.02. The molecule has 0 fully saturated rings. The van der Waals surface area contributed by atoms with Crippen LogP contribution in [0.5, 0.6) is 0 Å². The van der Waals surface area contributed by atoms with Crippen molar-refractivity contribution in [1.29, 1.82) is 0 Å². The van der Waals surface area contributed by atoms with Gasteiger partial charge in [0.15, 0.2) is 0 Å². The fourth-order valence-corrected chi connectivity index (χ4v) is 1.99. The van der Waals surface area contributed by atoms with E-state index in [4.69, 9.17) is 4.74 Å². The Morgan fingerprint density at radius 2 is 1.67 bits per heavy atom. The lowest BCUT2D eigenvalue weighted by Crippen LogP contribution is -2.17. The molecule has 0 aliphatic carbocycles. The average molecular weight is 310 g/mol. The molecule has 2 aromatic carbocycles. The zero-order valence-electron chi connectivity index (χ0n) is 12.4. The summed E-state index contributed by atoms with van der Waals surface area (Å²) < 4.78 is 18.7. The van der Waals surface area contributed by atoms with E-state index in [1.165, 1.54) is 12.1 Å². The minimum absolute atomic E-state index is 0. The van der Waals surface area contributed by atoms with Crippen LogP contribution in [0.4, 0.5) is 4.39 Å². The maximum absolute atomic E-state index is 13.0. The highest BCUT2D eigenvalue weighted by Crippen LogP contribution is 2.24. The molecule has 0 heterocycles. The molecule has 0 amide bonds. The van der Waals surface area contributed by atoms with Crippen LogP contribution in [0.3, 0.4) is 0 Å². The van der Waals surface area contributed by atoms with Gasteiger partial charge in [-0.3, -0.25) is 0 Å². The van der Waals surface area contributed by atoms with Crippen molar-refractivity contribution in [1.82, 2.24) is 4.90 Å². The quantitative estimate of drug-likeness (QED) is 0.748. The van der Waals surface area contributed by atoms with Crippen molar-refractivity contribution in [2.45, 2.75) is 6.61 Å². The van der Waals surface area contributed by atoms with Crippen molar-refractivity contribution in [3.8, 4) is 11.1 Å². The van der Waals surface area contributed by atoms with Crippen LogP contribution in [-0.4, -0.2) is 32.1 Å². The molecular weight excluding hydrogens is 289 g/mol. The molecule has 0 saturated carbocycles. The number of ether oxygens (including phenoxy) is 1. The van der Waals surface area contributed by atoms with Crippen molar-refractivity contribution in [3.05, 3.63) is 59.9 Å². The average Bonchev–Trinajstić information content (AvgIpc) is 2.45. The van der Waals surface area contributed by atoms with Gasteiger partial charge in [-0.1, -0.05) is 36.4 Å². The Bertz CT molecular complexity index is 543. The van der Waals surface area contributed by atoms with Crippen molar-refractivity contribution < 1.29 is 9.13 Å². The third kappa shape index (κ3) is 5.46. The van der Waals surface area contributed by atoms with E-state index in [9.17, 15) is 4.39 Å². The highest BCUT2D eigenvalue weighted by molar-refractivity contribution is 5.85. The minimum atomic E-state index is -0.214. The summed E-state index contributed by atoms with van der Waals surface area (Å²) in [6, 6.07) is 14.6. The first-order valence-corrected chi connectivity index (χ1v) is 6.73. The Morgan fingerprint density at radius 1 is 1.00 bits per heavy atom. The van der Waals surface area contributed by atoms with Gasteiger partial charge in [-0.05, 0) is 42.9 Å². The Hall–Kier alpha value is -1.42. The predicted molar refractivity (Wildman–Crippen MR) is 87.3 cm³/mol. The lowest BCUT2D eigenvalue weighted by molar-refractivity contribution is 0.105. The second-order valence-electron chi connectivity index (χ2n) is 5.02. The topological polar surface area (TPSA) is 12.5 Å². The molecule has 0 spiro atoms. The van der Waals surface area contributed by atoms with Crippen LogP contribution in [0, 0.1) is 5.82 Å². The molecule has 0 atom stereocenters. The molecule has 0 radical (unpaired) electrons. The molecule has 21 heavy (non-hydrogen) atoms. The van der Waals surface area contributed by atoms with Crippen molar-refractivity contribution in [2.75, 3.05) is 27.2 Å². The van der Waals surface area contributed by atoms with E-state index in [2.05, 4.69) is 4.90 Å². The molecule has 0 bridgehead atoms. The first kappa shape index (κ1) is 17.6. The Kier molecular flexibility index (Phi) is 7.37. The van der Waals surface area contributed by atoms with Crippen LogP contribution >= 0.6 is 12.4 Å². The number of benzene rings is 2. The molecule has 0 unspecified atom stereocenters. The highest BCUT2D eigenvalue weighted by atomic mass is 35.5. The lowest BCUT2D eigenvalue weighted by atomic mass is 10.0. The van der Waals surface area contributed by atoms with Gasteiger partial charge in [-0.15, -0.1) is 12.4 Å². The summed E-state index contributed by atoms with van der Waals surface area (Å²) in [5.74, 6) is -0.214. The number of halogens is 2. The van der Waals surface area contributed by atoms with E-state index >= 15 is 0 Å². The molecule has 2 aromatic rings. The van der Waals surface area contributed by atoms with E-state index < -0.39 is 0 Å². The summed E-state index contributed by atoms with van der Waals surface area (Å²) >= 11 is 0. The number of rotatable bonds is 6. The smallest absolute Gasteiger partial charge is 0.123 e. The van der Waals surface area contributed by atoms with E-state index in [0.717, 1.165) is 23.2 Å². The van der Waals surface area contributed by atoms with Crippen molar-refractivity contribution in [2.24, 2.45) is 0 Å². The van der Waals surface area contributed by atoms with E-state index in [-0.39, 0.29) is 18.2 Å². The lowest BCUT2D eigenvalue weighted by Gasteiger charge is -2.12. The van der Waals surface area contributed by atoms with Gasteiger partial charge in [-0.2, -0.15) is 0 Å². The summed E-state index contributed by atoms with van der Waals surface area (Å²) in [5, 5.41) is 0. The summed E-state index contributed by atoms with van der Waals surface area (Å²) in [6.45, 7) is 2.17. The molecule has 2 rings (SSSR count). The second kappa shape index (κ2) is 8.78. The summed E-state index contributed by atoms with van der Waals surface area (Å²) in [5.41, 5.74) is 3.23. The van der Waals surface area contributed by atoms with Crippen LogP contribution in [-0.2, 0) is 11.3 Å². The van der Waals surface area contributed by atoms with Crippen LogP contribution in [0.15, 0.2) is 48.5 Å². The fraction of sp³-hybridized carbons (Fsp3) is 0.294. The Labute approximate surface area is 132 Å². The molecule has 2 nitrogen and oxygen atoms in total. The SMILES string of the molecule is CN(C)CCOCc1ccccc1-c1ccc(F)cc1.Cl. The largest absolute Gasteiger partial charge is 0.375 e. The minimum Gasteiger partial charge on any atom is -0.375 e. The number of nitrogens with zero attached hydrogens (tertiary/aromatic N) is 1. The molecular formula is C17H21ClFNO. The monoisotopic (exact) mass is 309 g/mol. The standard InChI is InChI=1S/C17H20FNO.ClH/c1-19(2)11-12-20-13-15-5-3-4-6-17(15)14-7-9-16(18)10-8-14;/h3-10H,11-13H2,1-2H3;1H. The van der Waals surface area contributed by atoms with Crippen LogP contribution in [0.1, 0.15) is 5.56 Å². The number of hydrogen-bond donors (Lipinski definition) is 0.